The molecular formula is C24H26FN3O5. The zero-order valence-corrected chi connectivity index (χ0v) is 18.5. The van der Waals surface area contributed by atoms with Gasteiger partial charge >= 0.3 is 6.03 Å². The Bertz CT molecular complexity index is 1070. The molecule has 0 radical (unpaired) electrons. The molecule has 0 aromatic heterocycles. The average molecular weight is 455 g/mol. The fraction of sp³-hybridized carbons (Fsp3) is 0.375. The first-order chi connectivity index (χ1) is 15.8. The van der Waals surface area contributed by atoms with E-state index in [1.54, 1.807) is 19.1 Å². The number of fused-ring (bicyclic) bond motifs is 1. The lowest BCUT2D eigenvalue weighted by molar-refractivity contribution is -0.135. The van der Waals surface area contributed by atoms with Gasteiger partial charge in [0.05, 0.1) is 6.04 Å². The van der Waals surface area contributed by atoms with Crippen LogP contribution in [0, 0.1) is 5.82 Å². The normalized spacial score (nSPS) is 20.0. The number of halogens is 1. The summed E-state index contributed by atoms with van der Waals surface area (Å²) in [6.07, 6.45) is 1.83. The third-order valence-corrected chi connectivity index (χ3v) is 5.99. The standard InChI is InChI=1S/C24H26FN3O5/c1-3-4-11-24(17-6-8-18(25)9-7-17)22(30)28(23(31)27-24)13-21(29)26-15(2)16-5-10-19-20(12-16)33-14-32-19/h5-10,12,15H,3-4,11,13-14H2,1-2H3,(H,26,29)(H,27,31). The van der Waals surface area contributed by atoms with Crippen molar-refractivity contribution in [1.82, 2.24) is 15.5 Å². The first-order valence-electron chi connectivity index (χ1n) is 10.9. The summed E-state index contributed by atoms with van der Waals surface area (Å²) in [5.74, 6) is -0.189. The van der Waals surface area contributed by atoms with E-state index in [0.717, 1.165) is 16.9 Å². The Kier molecular flexibility index (Phi) is 6.22. The molecule has 2 aliphatic rings. The largest absolute Gasteiger partial charge is 0.454 e. The van der Waals surface area contributed by atoms with Crippen molar-refractivity contribution in [2.45, 2.75) is 44.7 Å². The van der Waals surface area contributed by atoms with Crippen molar-refractivity contribution in [1.29, 1.82) is 0 Å². The number of ether oxygens (including phenoxy) is 2. The quantitative estimate of drug-likeness (QED) is 0.595. The predicted molar refractivity (Wildman–Crippen MR) is 117 cm³/mol. The van der Waals surface area contributed by atoms with Gasteiger partial charge in [-0.15, -0.1) is 0 Å². The molecule has 2 aromatic carbocycles. The molecule has 8 nitrogen and oxygen atoms in total. The van der Waals surface area contributed by atoms with Crippen LogP contribution in [0.3, 0.4) is 0 Å². The molecule has 1 saturated heterocycles. The van der Waals surface area contributed by atoms with Crippen LogP contribution < -0.4 is 20.1 Å². The molecule has 0 spiro atoms. The summed E-state index contributed by atoms with van der Waals surface area (Å²) >= 11 is 0. The third-order valence-electron chi connectivity index (χ3n) is 5.99. The van der Waals surface area contributed by atoms with E-state index in [4.69, 9.17) is 9.47 Å². The van der Waals surface area contributed by atoms with E-state index < -0.39 is 35.7 Å². The van der Waals surface area contributed by atoms with Gasteiger partial charge in [-0.1, -0.05) is 38.0 Å². The van der Waals surface area contributed by atoms with Gasteiger partial charge in [0.25, 0.3) is 5.91 Å². The second-order valence-electron chi connectivity index (χ2n) is 8.24. The highest BCUT2D eigenvalue weighted by Crippen LogP contribution is 2.35. The van der Waals surface area contributed by atoms with Gasteiger partial charge < -0.3 is 20.1 Å². The van der Waals surface area contributed by atoms with Gasteiger partial charge in [0.1, 0.15) is 17.9 Å². The Morgan fingerprint density at radius 3 is 2.64 bits per heavy atom. The van der Waals surface area contributed by atoms with E-state index in [1.165, 1.54) is 24.3 Å². The van der Waals surface area contributed by atoms with Crippen molar-refractivity contribution in [3.05, 3.63) is 59.4 Å². The molecule has 0 bridgehead atoms. The van der Waals surface area contributed by atoms with E-state index in [9.17, 15) is 18.8 Å². The number of urea groups is 1. The van der Waals surface area contributed by atoms with Crippen LogP contribution in [-0.4, -0.2) is 36.1 Å². The Hall–Kier alpha value is -3.62. The predicted octanol–water partition coefficient (Wildman–Crippen LogP) is 3.37. The highest BCUT2D eigenvalue weighted by molar-refractivity contribution is 6.09. The van der Waals surface area contributed by atoms with E-state index >= 15 is 0 Å². The summed E-state index contributed by atoms with van der Waals surface area (Å²) in [6.45, 7) is 3.50. The molecule has 4 amide bonds. The van der Waals surface area contributed by atoms with Gasteiger partial charge in [-0.3, -0.25) is 14.5 Å². The van der Waals surface area contributed by atoms with Crippen LogP contribution in [0.2, 0.25) is 0 Å². The number of rotatable bonds is 8. The molecule has 2 heterocycles. The fourth-order valence-corrected chi connectivity index (χ4v) is 4.15. The number of nitrogens with zero attached hydrogens (tertiary/aromatic N) is 1. The Morgan fingerprint density at radius 2 is 1.91 bits per heavy atom. The van der Waals surface area contributed by atoms with Gasteiger partial charge in [-0.25, -0.2) is 9.18 Å². The molecule has 9 heteroatoms. The molecule has 2 atom stereocenters. The smallest absolute Gasteiger partial charge is 0.325 e. The molecule has 4 rings (SSSR count). The highest BCUT2D eigenvalue weighted by atomic mass is 19.1. The summed E-state index contributed by atoms with van der Waals surface area (Å²) in [4.78, 5) is 39.8. The lowest BCUT2D eigenvalue weighted by Gasteiger charge is -2.27. The maximum Gasteiger partial charge on any atom is 0.325 e. The number of unbranched alkanes of at least 4 members (excludes halogenated alkanes) is 1. The molecule has 33 heavy (non-hydrogen) atoms. The van der Waals surface area contributed by atoms with Crippen LogP contribution in [0.1, 0.15) is 50.3 Å². The molecule has 2 aliphatic heterocycles. The van der Waals surface area contributed by atoms with Crippen molar-refractivity contribution >= 4 is 17.8 Å². The number of imide groups is 1. The summed E-state index contributed by atoms with van der Waals surface area (Å²) in [5, 5.41) is 5.58. The summed E-state index contributed by atoms with van der Waals surface area (Å²) in [7, 11) is 0. The summed E-state index contributed by atoms with van der Waals surface area (Å²) < 4.78 is 24.1. The first-order valence-corrected chi connectivity index (χ1v) is 10.9. The number of hydrogen-bond acceptors (Lipinski definition) is 5. The minimum atomic E-state index is -1.32. The van der Waals surface area contributed by atoms with Gasteiger partial charge in [0.15, 0.2) is 11.5 Å². The summed E-state index contributed by atoms with van der Waals surface area (Å²) in [6, 6.07) is 9.84. The minimum Gasteiger partial charge on any atom is -0.454 e. The van der Waals surface area contributed by atoms with Crippen molar-refractivity contribution in [3.8, 4) is 11.5 Å². The van der Waals surface area contributed by atoms with Gasteiger partial charge in [-0.2, -0.15) is 0 Å². The maximum atomic E-state index is 13.5. The van der Waals surface area contributed by atoms with Crippen LogP contribution >= 0.6 is 0 Å². The number of nitrogens with one attached hydrogen (secondary N) is 2. The Morgan fingerprint density at radius 1 is 1.18 bits per heavy atom. The maximum absolute atomic E-state index is 13.5. The lowest BCUT2D eigenvalue weighted by atomic mass is 9.85. The van der Waals surface area contributed by atoms with Crippen LogP contribution in [-0.2, 0) is 15.1 Å². The third kappa shape index (κ3) is 4.35. The van der Waals surface area contributed by atoms with Gasteiger partial charge in [-0.05, 0) is 48.7 Å². The van der Waals surface area contributed by atoms with E-state index in [1.807, 2.05) is 13.0 Å². The van der Waals surface area contributed by atoms with Crippen LogP contribution in [0.15, 0.2) is 42.5 Å². The van der Waals surface area contributed by atoms with Crippen molar-refractivity contribution in [3.63, 3.8) is 0 Å². The minimum absolute atomic E-state index is 0.152. The van der Waals surface area contributed by atoms with Crippen LogP contribution in [0.4, 0.5) is 9.18 Å². The van der Waals surface area contributed by atoms with E-state index in [2.05, 4.69) is 10.6 Å². The summed E-state index contributed by atoms with van der Waals surface area (Å²) in [5.41, 5.74) is -0.0231. The second-order valence-corrected chi connectivity index (χ2v) is 8.24. The molecular weight excluding hydrogens is 429 g/mol. The van der Waals surface area contributed by atoms with Crippen molar-refractivity contribution in [2.24, 2.45) is 0 Å². The molecule has 0 aliphatic carbocycles. The Balaban J connectivity index is 1.48. The van der Waals surface area contributed by atoms with E-state index in [-0.39, 0.29) is 12.8 Å². The topological polar surface area (TPSA) is 97.0 Å². The lowest BCUT2D eigenvalue weighted by Crippen LogP contribution is -2.45. The highest BCUT2D eigenvalue weighted by Gasteiger charge is 2.52. The number of hydrogen-bond donors (Lipinski definition) is 2. The number of carbonyl (C=O) groups is 3. The zero-order valence-electron chi connectivity index (χ0n) is 18.5. The number of benzene rings is 2. The molecule has 2 N–H and O–H groups in total. The second kappa shape index (κ2) is 9.09. The Labute approximate surface area is 191 Å². The molecule has 0 saturated carbocycles. The SMILES string of the molecule is CCCCC1(c2ccc(F)cc2)NC(=O)N(CC(=O)NC(C)c2ccc3c(c2)OCO3)C1=O. The van der Waals surface area contributed by atoms with Crippen LogP contribution in [0.25, 0.3) is 0 Å². The molecule has 174 valence electrons. The van der Waals surface area contributed by atoms with Crippen LogP contribution in [0.5, 0.6) is 11.5 Å². The molecule has 2 unspecified atom stereocenters. The fourth-order valence-electron chi connectivity index (χ4n) is 4.15. The van der Waals surface area contributed by atoms with Gasteiger partial charge in [0, 0.05) is 0 Å². The molecule has 2 aromatic rings. The van der Waals surface area contributed by atoms with Gasteiger partial charge in [0.2, 0.25) is 12.7 Å². The zero-order chi connectivity index (χ0) is 23.6. The van der Waals surface area contributed by atoms with Crippen molar-refractivity contribution < 1.29 is 28.2 Å². The molecule has 1 fully saturated rings. The number of carbonyl (C=O) groups excluding carboxylic acids is 3. The van der Waals surface area contributed by atoms with Crippen molar-refractivity contribution in [2.75, 3.05) is 13.3 Å². The monoisotopic (exact) mass is 455 g/mol. The number of amides is 4. The first kappa shape index (κ1) is 22.6. The van der Waals surface area contributed by atoms with E-state index in [0.29, 0.717) is 29.9 Å². The average Bonchev–Trinajstić information content (AvgIpc) is 3.36.